The molecular weight excluding hydrogens is 404 g/mol. The number of aryl methyl sites for hydroxylation is 1. The molecule has 3 rings (SSSR count). The van der Waals surface area contributed by atoms with E-state index in [0.29, 0.717) is 4.77 Å². The van der Waals surface area contributed by atoms with Crippen LogP contribution in [-0.2, 0) is 6.54 Å². The molecule has 2 heterocycles. The van der Waals surface area contributed by atoms with E-state index in [2.05, 4.69) is 64.6 Å². The smallest absolute Gasteiger partial charge is 0.215 e. The molecule has 104 valence electrons. The maximum Gasteiger partial charge on any atom is 0.215 e. The Morgan fingerprint density at radius 2 is 2.15 bits per heavy atom. The molecule has 0 unspecified atom stereocenters. The molecule has 0 radical (unpaired) electrons. The van der Waals surface area contributed by atoms with Gasteiger partial charge in [0, 0.05) is 20.9 Å². The van der Waals surface area contributed by atoms with Gasteiger partial charge >= 0.3 is 0 Å². The van der Waals surface area contributed by atoms with Gasteiger partial charge in [0.15, 0.2) is 5.65 Å². The van der Waals surface area contributed by atoms with E-state index < -0.39 is 0 Å². The molecule has 0 bridgehead atoms. The SMILES string of the molecule is CCCCn1c2nc(=S)[nH]nc2c2cc(Br)cc(Br)c21. The van der Waals surface area contributed by atoms with Gasteiger partial charge in [0.1, 0.15) is 5.52 Å². The lowest BCUT2D eigenvalue weighted by atomic mass is 10.2. The summed E-state index contributed by atoms with van der Waals surface area (Å²) in [6, 6.07) is 4.11. The highest BCUT2D eigenvalue weighted by molar-refractivity contribution is 9.11. The first-order chi connectivity index (χ1) is 9.61. The molecule has 0 saturated carbocycles. The van der Waals surface area contributed by atoms with Gasteiger partial charge in [-0.25, -0.2) is 0 Å². The summed E-state index contributed by atoms with van der Waals surface area (Å²) in [4.78, 5) is 4.46. The minimum Gasteiger partial charge on any atom is -0.323 e. The van der Waals surface area contributed by atoms with Crippen LogP contribution in [-0.4, -0.2) is 19.7 Å². The average molecular weight is 416 g/mol. The minimum atomic E-state index is 0.410. The van der Waals surface area contributed by atoms with E-state index in [-0.39, 0.29) is 0 Å². The van der Waals surface area contributed by atoms with Crippen molar-refractivity contribution in [2.24, 2.45) is 0 Å². The Morgan fingerprint density at radius 1 is 1.35 bits per heavy atom. The summed E-state index contributed by atoms with van der Waals surface area (Å²) < 4.78 is 4.65. The molecule has 0 amide bonds. The van der Waals surface area contributed by atoms with Gasteiger partial charge in [-0.15, -0.1) is 0 Å². The number of unbranched alkanes of at least 4 members (excludes halogenated alkanes) is 1. The standard InChI is InChI=1S/C13H12Br2N4S/c1-2-3-4-19-11-8(5-7(14)6-9(11)15)10-12(19)16-13(20)18-17-10/h5-6H,2-4H2,1H3,(H,16,18,20). The molecular formula is C13H12Br2N4S. The second-order valence-corrected chi connectivity index (χ2v) is 6.76. The average Bonchev–Trinajstić information content (AvgIpc) is 2.70. The van der Waals surface area contributed by atoms with Gasteiger partial charge in [-0.2, -0.15) is 10.1 Å². The lowest BCUT2D eigenvalue weighted by Gasteiger charge is -2.06. The van der Waals surface area contributed by atoms with E-state index in [4.69, 9.17) is 12.2 Å². The molecule has 20 heavy (non-hydrogen) atoms. The van der Waals surface area contributed by atoms with Crippen LogP contribution in [0.2, 0.25) is 0 Å². The van der Waals surface area contributed by atoms with E-state index in [0.717, 1.165) is 50.4 Å². The third kappa shape index (κ3) is 2.31. The zero-order valence-electron chi connectivity index (χ0n) is 10.8. The Bertz CT molecular complexity index is 853. The van der Waals surface area contributed by atoms with E-state index in [1.54, 1.807) is 0 Å². The molecule has 2 aromatic heterocycles. The van der Waals surface area contributed by atoms with Gasteiger partial charge in [-0.1, -0.05) is 29.3 Å². The number of nitrogens with zero attached hydrogens (tertiary/aromatic N) is 3. The van der Waals surface area contributed by atoms with Gasteiger partial charge in [-0.3, -0.25) is 5.10 Å². The minimum absolute atomic E-state index is 0.410. The van der Waals surface area contributed by atoms with Gasteiger partial charge in [0.25, 0.3) is 0 Å². The zero-order valence-corrected chi connectivity index (χ0v) is 14.8. The second-order valence-electron chi connectivity index (χ2n) is 4.60. The summed E-state index contributed by atoms with van der Waals surface area (Å²) >= 11 is 12.3. The first-order valence-corrected chi connectivity index (χ1v) is 8.35. The molecule has 0 aliphatic carbocycles. The lowest BCUT2D eigenvalue weighted by molar-refractivity contribution is 0.659. The van der Waals surface area contributed by atoms with E-state index in [1.807, 2.05) is 6.07 Å². The van der Waals surface area contributed by atoms with Crippen molar-refractivity contribution < 1.29 is 0 Å². The maximum atomic E-state index is 5.11. The number of aromatic nitrogens is 4. The number of aromatic amines is 1. The number of rotatable bonds is 3. The predicted octanol–water partition coefficient (Wildman–Crippen LogP) is 4.97. The topological polar surface area (TPSA) is 46.5 Å². The van der Waals surface area contributed by atoms with E-state index in [9.17, 15) is 0 Å². The Labute approximate surface area is 137 Å². The number of H-pyrrole nitrogens is 1. The van der Waals surface area contributed by atoms with Crippen LogP contribution >= 0.6 is 44.1 Å². The van der Waals surface area contributed by atoms with Crippen LogP contribution in [0.15, 0.2) is 21.1 Å². The van der Waals surface area contributed by atoms with Crippen molar-refractivity contribution in [3.63, 3.8) is 0 Å². The number of hydrogen-bond acceptors (Lipinski definition) is 3. The third-order valence-corrected chi connectivity index (χ3v) is 4.47. The molecule has 0 aliphatic rings. The van der Waals surface area contributed by atoms with Crippen molar-refractivity contribution in [3.05, 3.63) is 25.8 Å². The normalized spacial score (nSPS) is 11.6. The van der Waals surface area contributed by atoms with Crippen LogP contribution < -0.4 is 0 Å². The first kappa shape index (κ1) is 14.2. The van der Waals surface area contributed by atoms with Gasteiger partial charge in [-0.05, 0) is 46.7 Å². The zero-order chi connectivity index (χ0) is 14.3. The fourth-order valence-electron chi connectivity index (χ4n) is 2.36. The molecule has 1 aromatic carbocycles. The van der Waals surface area contributed by atoms with Crippen LogP contribution in [0.4, 0.5) is 0 Å². The molecule has 4 nitrogen and oxygen atoms in total. The highest BCUT2D eigenvalue weighted by atomic mass is 79.9. The van der Waals surface area contributed by atoms with Crippen LogP contribution in [0.1, 0.15) is 19.8 Å². The van der Waals surface area contributed by atoms with E-state index >= 15 is 0 Å². The molecule has 0 spiro atoms. The Morgan fingerprint density at radius 3 is 2.90 bits per heavy atom. The first-order valence-electron chi connectivity index (χ1n) is 6.35. The molecule has 0 saturated heterocycles. The molecule has 1 N–H and O–H groups in total. The van der Waals surface area contributed by atoms with Crippen molar-refractivity contribution in [1.29, 1.82) is 0 Å². The van der Waals surface area contributed by atoms with Crippen molar-refractivity contribution in [2.75, 3.05) is 0 Å². The summed E-state index contributed by atoms with van der Waals surface area (Å²) in [5, 5.41) is 8.22. The number of hydrogen-bond donors (Lipinski definition) is 1. The van der Waals surface area contributed by atoms with Crippen LogP contribution in [0.5, 0.6) is 0 Å². The highest BCUT2D eigenvalue weighted by Gasteiger charge is 2.16. The summed E-state index contributed by atoms with van der Waals surface area (Å²) in [6.07, 6.45) is 2.22. The maximum absolute atomic E-state index is 5.11. The van der Waals surface area contributed by atoms with Gasteiger partial charge in [0.05, 0.1) is 5.52 Å². The predicted molar refractivity (Wildman–Crippen MR) is 90.5 cm³/mol. The van der Waals surface area contributed by atoms with Crippen molar-refractivity contribution in [3.8, 4) is 0 Å². The van der Waals surface area contributed by atoms with Crippen molar-refractivity contribution >= 4 is 66.1 Å². The number of fused-ring (bicyclic) bond motifs is 3. The van der Waals surface area contributed by atoms with Gasteiger partial charge < -0.3 is 4.57 Å². The van der Waals surface area contributed by atoms with Gasteiger partial charge in [0.2, 0.25) is 4.77 Å². The molecule has 7 heteroatoms. The van der Waals surface area contributed by atoms with Crippen LogP contribution in [0.25, 0.3) is 22.1 Å². The Kier molecular flexibility index (Phi) is 3.92. The molecule has 0 aliphatic heterocycles. The Hall–Kier alpha value is -0.790. The highest BCUT2D eigenvalue weighted by Crippen LogP contribution is 2.34. The summed E-state index contributed by atoms with van der Waals surface area (Å²) in [5.41, 5.74) is 2.81. The van der Waals surface area contributed by atoms with Crippen molar-refractivity contribution in [1.82, 2.24) is 19.7 Å². The quantitative estimate of drug-likeness (QED) is 0.614. The molecule has 3 aromatic rings. The number of halogens is 2. The molecule has 0 atom stereocenters. The number of nitrogens with one attached hydrogen (secondary N) is 1. The fourth-order valence-corrected chi connectivity index (χ4v) is 3.93. The largest absolute Gasteiger partial charge is 0.323 e. The summed E-state index contributed by atoms with van der Waals surface area (Å²) in [5.74, 6) is 0. The van der Waals surface area contributed by atoms with Crippen LogP contribution in [0, 0.1) is 4.77 Å². The van der Waals surface area contributed by atoms with Crippen LogP contribution in [0.3, 0.4) is 0 Å². The van der Waals surface area contributed by atoms with E-state index in [1.165, 1.54) is 0 Å². The molecule has 0 fully saturated rings. The monoisotopic (exact) mass is 414 g/mol. The Balaban J connectivity index is 2.46. The fraction of sp³-hybridized carbons (Fsp3) is 0.308. The summed E-state index contributed by atoms with van der Waals surface area (Å²) in [6.45, 7) is 3.08. The summed E-state index contributed by atoms with van der Waals surface area (Å²) in [7, 11) is 0. The third-order valence-electron chi connectivity index (χ3n) is 3.23. The lowest BCUT2D eigenvalue weighted by Crippen LogP contribution is -2.00. The second kappa shape index (κ2) is 5.54. The van der Waals surface area contributed by atoms with Crippen molar-refractivity contribution in [2.45, 2.75) is 26.3 Å². The number of benzene rings is 1.